The monoisotopic (exact) mass is 439 g/mol. The van der Waals surface area contributed by atoms with E-state index in [-0.39, 0.29) is 0 Å². The molecule has 8 nitrogen and oxygen atoms in total. The van der Waals surface area contributed by atoms with Gasteiger partial charge in [0, 0.05) is 13.7 Å². The molecule has 4 rings (SSSR count). The smallest absolute Gasteiger partial charge is 0.348 e. The number of fused-ring (bicyclic) bond motifs is 3. The first-order chi connectivity index (χ1) is 15.5. The Morgan fingerprint density at radius 1 is 0.938 bits per heavy atom. The molecule has 0 aliphatic heterocycles. The number of methoxy groups -OCH3 is 4. The number of hydrogen-bond donors (Lipinski definition) is 1. The summed E-state index contributed by atoms with van der Waals surface area (Å²) in [5.41, 5.74) is 2.63. The van der Waals surface area contributed by atoms with Crippen molar-refractivity contribution in [2.24, 2.45) is 0 Å². The Morgan fingerprint density at radius 3 is 2.28 bits per heavy atom. The lowest BCUT2D eigenvalue weighted by Crippen LogP contribution is -2.08. The van der Waals surface area contributed by atoms with Crippen LogP contribution in [0, 0.1) is 6.92 Å². The normalized spacial score (nSPS) is 11.2. The van der Waals surface area contributed by atoms with Gasteiger partial charge in [-0.3, -0.25) is 0 Å². The molecular formula is C24H25NO7. The highest BCUT2D eigenvalue weighted by atomic mass is 16.5. The predicted molar refractivity (Wildman–Crippen MR) is 122 cm³/mol. The number of nitrogens with one attached hydrogen (secondary N) is 1. The second-order valence-electron chi connectivity index (χ2n) is 7.23. The molecule has 0 aliphatic carbocycles. The van der Waals surface area contributed by atoms with Gasteiger partial charge in [0.2, 0.25) is 11.6 Å². The molecule has 0 saturated carbocycles. The van der Waals surface area contributed by atoms with E-state index in [2.05, 4.69) is 5.32 Å². The predicted octanol–water partition coefficient (Wildman–Crippen LogP) is 4.60. The molecule has 0 atom stereocenters. The highest BCUT2D eigenvalue weighted by molar-refractivity contribution is 6.10. The first kappa shape index (κ1) is 21.6. The van der Waals surface area contributed by atoms with Crippen LogP contribution in [-0.4, -0.2) is 41.6 Å². The van der Waals surface area contributed by atoms with Crippen molar-refractivity contribution in [3.05, 3.63) is 46.3 Å². The van der Waals surface area contributed by atoms with Gasteiger partial charge in [-0.25, -0.2) is 4.79 Å². The first-order valence-electron chi connectivity index (χ1n) is 10.1. The molecule has 0 spiro atoms. The van der Waals surface area contributed by atoms with Crippen molar-refractivity contribution in [2.45, 2.75) is 6.92 Å². The van der Waals surface area contributed by atoms with Crippen LogP contribution in [0.1, 0.15) is 5.56 Å². The Bertz CT molecular complexity index is 1310. The Labute approximate surface area is 184 Å². The van der Waals surface area contributed by atoms with Gasteiger partial charge in [-0.05, 0) is 36.8 Å². The Balaban J connectivity index is 2.07. The number of aryl methyl sites for hydroxylation is 1. The van der Waals surface area contributed by atoms with Gasteiger partial charge < -0.3 is 33.1 Å². The van der Waals surface area contributed by atoms with Crippen molar-refractivity contribution in [3.63, 3.8) is 0 Å². The SMILES string of the molecule is COCCNc1oc2c(c1-c1cc(OC)c(OC)c(OC)c1)c(=O)oc1ccc(C)cc12. The van der Waals surface area contributed by atoms with E-state index in [1.54, 1.807) is 25.3 Å². The summed E-state index contributed by atoms with van der Waals surface area (Å²) in [5, 5.41) is 4.27. The fraction of sp³-hybridized carbons (Fsp3) is 0.292. The summed E-state index contributed by atoms with van der Waals surface area (Å²) in [4.78, 5) is 13.1. The second kappa shape index (κ2) is 8.84. The summed E-state index contributed by atoms with van der Waals surface area (Å²) in [7, 11) is 6.23. The largest absolute Gasteiger partial charge is 0.493 e. The lowest BCUT2D eigenvalue weighted by Gasteiger charge is -2.14. The van der Waals surface area contributed by atoms with Crippen molar-refractivity contribution in [3.8, 4) is 28.4 Å². The second-order valence-corrected chi connectivity index (χ2v) is 7.23. The number of anilines is 1. The van der Waals surface area contributed by atoms with Crippen LogP contribution in [0.5, 0.6) is 17.2 Å². The third kappa shape index (κ3) is 3.62. The molecule has 0 unspecified atom stereocenters. The van der Waals surface area contributed by atoms with E-state index in [0.29, 0.717) is 69.3 Å². The van der Waals surface area contributed by atoms with Gasteiger partial charge in [0.25, 0.3) is 0 Å². The van der Waals surface area contributed by atoms with E-state index in [1.807, 2.05) is 19.1 Å². The number of ether oxygens (including phenoxy) is 4. The molecule has 0 aliphatic rings. The lowest BCUT2D eigenvalue weighted by molar-refractivity contribution is 0.210. The van der Waals surface area contributed by atoms with E-state index in [9.17, 15) is 4.79 Å². The molecule has 168 valence electrons. The van der Waals surface area contributed by atoms with E-state index in [4.69, 9.17) is 27.8 Å². The minimum atomic E-state index is -0.497. The fourth-order valence-electron chi connectivity index (χ4n) is 3.77. The summed E-state index contributed by atoms with van der Waals surface area (Å²) < 4.78 is 33.5. The number of rotatable bonds is 8. The van der Waals surface area contributed by atoms with Crippen LogP contribution >= 0.6 is 0 Å². The average Bonchev–Trinajstić information content (AvgIpc) is 3.19. The first-order valence-corrected chi connectivity index (χ1v) is 10.1. The molecule has 8 heteroatoms. The maximum atomic E-state index is 13.1. The van der Waals surface area contributed by atoms with Crippen LogP contribution in [0.3, 0.4) is 0 Å². The highest BCUT2D eigenvalue weighted by Crippen LogP contribution is 2.46. The fourth-order valence-corrected chi connectivity index (χ4v) is 3.77. The van der Waals surface area contributed by atoms with Crippen LogP contribution < -0.4 is 25.2 Å². The summed E-state index contributed by atoms with van der Waals surface area (Å²) in [6, 6.07) is 9.13. The molecule has 2 aromatic heterocycles. The average molecular weight is 439 g/mol. The molecule has 32 heavy (non-hydrogen) atoms. The van der Waals surface area contributed by atoms with Crippen molar-refractivity contribution in [1.82, 2.24) is 0 Å². The standard InChI is InChI=1S/C24H25NO7/c1-13-6-7-16-15(10-13)21-20(24(26)31-16)19(23(32-21)25-8-9-27-2)14-11-17(28-3)22(30-5)18(12-14)29-4/h6-7,10-12,25H,8-9H2,1-5H3. The zero-order valence-corrected chi connectivity index (χ0v) is 18.7. The quantitative estimate of drug-likeness (QED) is 0.315. The van der Waals surface area contributed by atoms with Gasteiger partial charge in [-0.1, -0.05) is 11.6 Å². The summed E-state index contributed by atoms with van der Waals surface area (Å²) in [6.07, 6.45) is 0. The molecule has 0 bridgehead atoms. The number of furan rings is 1. The summed E-state index contributed by atoms with van der Waals surface area (Å²) in [5.74, 6) is 1.79. The molecule has 0 fully saturated rings. The van der Waals surface area contributed by atoms with Crippen molar-refractivity contribution < 1.29 is 27.8 Å². The number of benzene rings is 2. The van der Waals surface area contributed by atoms with E-state index >= 15 is 0 Å². The van der Waals surface area contributed by atoms with Crippen LogP contribution in [0.25, 0.3) is 33.1 Å². The maximum absolute atomic E-state index is 13.1. The van der Waals surface area contributed by atoms with Gasteiger partial charge in [-0.15, -0.1) is 0 Å². The number of hydrogen-bond acceptors (Lipinski definition) is 8. The summed E-state index contributed by atoms with van der Waals surface area (Å²) in [6.45, 7) is 2.91. The zero-order chi connectivity index (χ0) is 22.8. The van der Waals surface area contributed by atoms with Crippen molar-refractivity contribution in [2.75, 3.05) is 46.9 Å². The Kier molecular flexibility index (Phi) is 5.96. The minimum absolute atomic E-state index is 0.331. The Morgan fingerprint density at radius 2 is 1.66 bits per heavy atom. The molecule has 2 aromatic carbocycles. The molecule has 0 saturated heterocycles. The van der Waals surface area contributed by atoms with Crippen LogP contribution in [-0.2, 0) is 4.74 Å². The van der Waals surface area contributed by atoms with E-state index in [0.717, 1.165) is 5.56 Å². The van der Waals surface area contributed by atoms with Crippen molar-refractivity contribution >= 4 is 27.8 Å². The topological polar surface area (TPSA) is 92.3 Å². The third-order valence-corrected chi connectivity index (χ3v) is 5.24. The minimum Gasteiger partial charge on any atom is -0.493 e. The van der Waals surface area contributed by atoms with Gasteiger partial charge >= 0.3 is 5.63 Å². The summed E-state index contributed by atoms with van der Waals surface area (Å²) >= 11 is 0. The Hall–Kier alpha value is -3.65. The van der Waals surface area contributed by atoms with Gasteiger partial charge in [0.1, 0.15) is 11.0 Å². The van der Waals surface area contributed by atoms with Gasteiger partial charge in [-0.2, -0.15) is 0 Å². The molecular weight excluding hydrogens is 414 g/mol. The molecule has 0 amide bonds. The van der Waals surface area contributed by atoms with Gasteiger partial charge in [0.15, 0.2) is 17.1 Å². The van der Waals surface area contributed by atoms with Crippen LogP contribution in [0.15, 0.2) is 44.0 Å². The molecule has 2 heterocycles. The molecule has 4 aromatic rings. The van der Waals surface area contributed by atoms with E-state index in [1.165, 1.54) is 21.3 Å². The van der Waals surface area contributed by atoms with Gasteiger partial charge in [0.05, 0.1) is 38.9 Å². The molecule has 0 radical (unpaired) electrons. The van der Waals surface area contributed by atoms with Crippen LogP contribution in [0.4, 0.5) is 5.88 Å². The zero-order valence-electron chi connectivity index (χ0n) is 18.7. The maximum Gasteiger partial charge on any atom is 0.348 e. The highest BCUT2D eigenvalue weighted by Gasteiger charge is 2.25. The molecule has 1 N–H and O–H groups in total. The van der Waals surface area contributed by atoms with Crippen molar-refractivity contribution in [1.29, 1.82) is 0 Å². The lowest BCUT2D eigenvalue weighted by atomic mass is 10.0. The van der Waals surface area contributed by atoms with Crippen LogP contribution in [0.2, 0.25) is 0 Å². The third-order valence-electron chi connectivity index (χ3n) is 5.24. The van der Waals surface area contributed by atoms with E-state index < -0.39 is 5.63 Å².